The summed E-state index contributed by atoms with van der Waals surface area (Å²) in [6.07, 6.45) is -3.97. The molecular weight excluding hydrogens is 329 g/mol. The molecule has 0 radical (unpaired) electrons. The number of aryl methyl sites for hydroxylation is 1. The molecule has 120 valence electrons. The predicted molar refractivity (Wildman–Crippen MR) is 75.8 cm³/mol. The van der Waals surface area contributed by atoms with Crippen LogP contribution in [0.25, 0.3) is 0 Å². The summed E-state index contributed by atoms with van der Waals surface area (Å²) in [6, 6.07) is 7.82. The molecule has 2 heterocycles. The molecule has 10 heteroatoms. The Morgan fingerprint density at radius 3 is 2.61 bits per heavy atom. The zero-order chi connectivity index (χ0) is 16.4. The summed E-state index contributed by atoms with van der Waals surface area (Å²) in [4.78, 5) is 1.22. The Hall–Kier alpha value is -2.36. The first-order chi connectivity index (χ1) is 10.9. The fourth-order valence-electron chi connectivity index (χ4n) is 1.95. The van der Waals surface area contributed by atoms with Gasteiger partial charge in [0, 0.05) is 6.42 Å². The van der Waals surface area contributed by atoms with E-state index in [0.29, 0.717) is 23.6 Å². The van der Waals surface area contributed by atoms with Crippen molar-refractivity contribution in [1.29, 1.82) is 0 Å². The maximum absolute atomic E-state index is 12.5. The van der Waals surface area contributed by atoms with E-state index in [4.69, 9.17) is 0 Å². The Balaban J connectivity index is 1.70. The van der Waals surface area contributed by atoms with Crippen molar-refractivity contribution in [3.63, 3.8) is 0 Å². The van der Waals surface area contributed by atoms with Gasteiger partial charge in [-0.15, -0.1) is 20.4 Å². The van der Waals surface area contributed by atoms with Crippen molar-refractivity contribution in [3.8, 4) is 0 Å². The monoisotopic (exact) mass is 340 g/mol. The fourth-order valence-corrected chi connectivity index (χ4v) is 2.63. The van der Waals surface area contributed by atoms with E-state index < -0.39 is 11.2 Å². The zero-order valence-corrected chi connectivity index (χ0v) is 12.8. The molecule has 0 aliphatic rings. The standard InChI is InChI=1S/C13H11F3N6S/c1-8-4-2-3-5-9(8)6-10-17-21-22(20-10)7-11-18-19-12(23-11)13(14,15)16/h2-5H,6-7H2,1H3. The Morgan fingerprint density at radius 1 is 1.13 bits per heavy atom. The summed E-state index contributed by atoms with van der Waals surface area (Å²) in [6.45, 7) is 1.99. The van der Waals surface area contributed by atoms with Gasteiger partial charge in [-0.2, -0.15) is 18.0 Å². The Labute approximate surface area is 133 Å². The summed E-state index contributed by atoms with van der Waals surface area (Å²) in [7, 11) is 0. The summed E-state index contributed by atoms with van der Waals surface area (Å²) >= 11 is 0.475. The molecule has 1 aromatic carbocycles. The van der Waals surface area contributed by atoms with E-state index in [2.05, 4.69) is 25.6 Å². The van der Waals surface area contributed by atoms with Crippen molar-refractivity contribution in [3.05, 3.63) is 51.2 Å². The average Bonchev–Trinajstić information content (AvgIpc) is 3.11. The van der Waals surface area contributed by atoms with E-state index in [9.17, 15) is 13.2 Å². The highest BCUT2D eigenvalue weighted by Gasteiger charge is 2.35. The molecule has 3 rings (SSSR count). The molecule has 0 N–H and O–H groups in total. The van der Waals surface area contributed by atoms with Gasteiger partial charge in [-0.3, -0.25) is 0 Å². The second-order valence-electron chi connectivity index (χ2n) is 4.84. The highest BCUT2D eigenvalue weighted by molar-refractivity contribution is 7.11. The lowest BCUT2D eigenvalue weighted by molar-refractivity contribution is -0.138. The number of benzene rings is 1. The number of hydrogen-bond acceptors (Lipinski definition) is 6. The van der Waals surface area contributed by atoms with E-state index >= 15 is 0 Å². The van der Waals surface area contributed by atoms with Crippen molar-refractivity contribution < 1.29 is 13.2 Å². The minimum Gasteiger partial charge on any atom is -0.164 e. The maximum atomic E-state index is 12.5. The van der Waals surface area contributed by atoms with E-state index in [0.717, 1.165) is 11.1 Å². The molecule has 23 heavy (non-hydrogen) atoms. The van der Waals surface area contributed by atoms with Gasteiger partial charge in [0.05, 0.1) is 0 Å². The molecule has 0 amide bonds. The third-order valence-electron chi connectivity index (χ3n) is 3.09. The minimum atomic E-state index is -4.48. The number of hydrogen-bond donors (Lipinski definition) is 0. The first kappa shape index (κ1) is 15.5. The van der Waals surface area contributed by atoms with Crippen molar-refractivity contribution >= 4 is 11.3 Å². The number of alkyl halides is 3. The number of tetrazole rings is 1. The maximum Gasteiger partial charge on any atom is 0.445 e. The van der Waals surface area contributed by atoms with Gasteiger partial charge in [0.2, 0.25) is 5.01 Å². The van der Waals surface area contributed by atoms with Gasteiger partial charge >= 0.3 is 6.18 Å². The van der Waals surface area contributed by atoms with Crippen LogP contribution in [0.3, 0.4) is 0 Å². The van der Waals surface area contributed by atoms with Crippen LogP contribution in [-0.4, -0.2) is 30.4 Å². The lowest BCUT2D eigenvalue weighted by Crippen LogP contribution is -2.04. The van der Waals surface area contributed by atoms with E-state index in [1.165, 1.54) is 4.80 Å². The van der Waals surface area contributed by atoms with E-state index in [1.54, 1.807) is 0 Å². The molecule has 6 nitrogen and oxygen atoms in total. The van der Waals surface area contributed by atoms with Gasteiger partial charge in [0.15, 0.2) is 5.82 Å². The highest BCUT2D eigenvalue weighted by Crippen LogP contribution is 2.31. The average molecular weight is 340 g/mol. The molecular formula is C13H11F3N6S. The smallest absolute Gasteiger partial charge is 0.164 e. The third-order valence-corrected chi connectivity index (χ3v) is 4.04. The van der Waals surface area contributed by atoms with Crippen LogP contribution in [0.1, 0.15) is 27.0 Å². The van der Waals surface area contributed by atoms with Crippen molar-refractivity contribution in [1.82, 2.24) is 30.4 Å². The van der Waals surface area contributed by atoms with Crippen LogP contribution in [0.4, 0.5) is 13.2 Å². The van der Waals surface area contributed by atoms with E-state index in [1.807, 2.05) is 31.2 Å². The quantitative estimate of drug-likeness (QED) is 0.730. The molecule has 0 fully saturated rings. The Bertz CT molecular complexity index is 810. The molecule has 3 aromatic rings. The van der Waals surface area contributed by atoms with Crippen molar-refractivity contribution in [2.24, 2.45) is 0 Å². The number of nitrogens with zero attached hydrogens (tertiary/aromatic N) is 6. The molecule has 0 aliphatic heterocycles. The van der Waals surface area contributed by atoms with Crippen LogP contribution in [-0.2, 0) is 19.1 Å². The van der Waals surface area contributed by atoms with Crippen molar-refractivity contribution in [2.75, 3.05) is 0 Å². The first-order valence-corrected chi connectivity index (χ1v) is 7.44. The van der Waals surface area contributed by atoms with Crippen molar-refractivity contribution in [2.45, 2.75) is 26.1 Å². The lowest BCUT2D eigenvalue weighted by atomic mass is 10.1. The second kappa shape index (κ2) is 6.03. The van der Waals surface area contributed by atoms with Crippen LogP contribution < -0.4 is 0 Å². The number of aromatic nitrogens is 6. The predicted octanol–water partition coefficient (Wildman–Crippen LogP) is 2.49. The van der Waals surface area contributed by atoms with Crippen LogP contribution >= 0.6 is 11.3 Å². The fraction of sp³-hybridized carbons (Fsp3) is 0.308. The summed E-state index contributed by atoms with van der Waals surface area (Å²) in [5.41, 5.74) is 2.19. The highest BCUT2D eigenvalue weighted by atomic mass is 32.1. The van der Waals surface area contributed by atoms with Gasteiger partial charge in [-0.1, -0.05) is 35.6 Å². The summed E-state index contributed by atoms with van der Waals surface area (Å²) in [5, 5.41) is 17.8. The van der Waals surface area contributed by atoms with E-state index in [-0.39, 0.29) is 11.6 Å². The summed E-state index contributed by atoms with van der Waals surface area (Å²) in [5.74, 6) is 0.500. The zero-order valence-electron chi connectivity index (χ0n) is 11.9. The first-order valence-electron chi connectivity index (χ1n) is 6.62. The topological polar surface area (TPSA) is 69.4 Å². The van der Waals surface area contributed by atoms with Crippen LogP contribution in [0.2, 0.25) is 0 Å². The van der Waals surface area contributed by atoms with Gasteiger partial charge in [-0.25, -0.2) is 0 Å². The normalized spacial score (nSPS) is 11.8. The van der Waals surface area contributed by atoms with Gasteiger partial charge in [-0.05, 0) is 23.3 Å². The Morgan fingerprint density at radius 2 is 1.91 bits per heavy atom. The lowest BCUT2D eigenvalue weighted by Gasteiger charge is -2.01. The molecule has 0 aliphatic carbocycles. The SMILES string of the molecule is Cc1ccccc1Cc1nnn(Cc2nnc(C(F)(F)F)s2)n1. The molecule has 0 bridgehead atoms. The molecule has 0 saturated heterocycles. The Kier molecular flexibility index (Phi) is 4.07. The largest absolute Gasteiger partial charge is 0.445 e. The molecule has 2 aromatic heterocycles. The molecule has 0 saturated carbocycles. The number of rotatable bonds is 4. The van der Waals surface area contributed by atoms with Gasteiger partial charge in [0.25, 0.3) is 0 Å². The van der Waals surface area contributed by atoms with Crippen LogP contribution in [0.15, 0.2) is 24.3 Å². The molecule has 0 spiro atoms. The number of halogens is 3. The molecule has 0 atom stereocenters. The third kappa shape index (κ3) is 3.70. The molecule has 0 unspecified atom stereocenters. The van der Waals surface area contributed by atoms with Gasteiger partial charge < -0.3 is 0 Å². The van der Waals surface area contributed by atoms with Gasteiger partial charge in [0.1, 0.15) is 11.6 Å². The van der Waals surface area contributed by atoms with Crippen LogP contribution in [0.5, 0.6) is 0 Å². The van der Waals surface area contributed by atoms with Crippen LogP contribution in [0, 0.1) is 6.92 Å². The second-order valence-corrected chi connectivity index (χ2v) is 5.90. The minimum absolute atomic E-state index is 0.00845. The summed E-state index contributed by atoms with van der Waals surface area (Å²) < 4.78 is 37.4.